The highest BCUT2D eigenvalue weighted by molar-refractivity contribution is 5.40. The van der Waals surface area contributed by atoms with Gasteiger partial charge in [-0.05, 0) is 30.9 Å². The molecule has 1 aromatic carbocycles. The number of hydrogen-bond donors (Lipinski definition) is 1. The average Bonchev–Trinajstić information content (AvgIpc) is 3.04. The topological polar surface area (TPSA) is 68.5 Å². The molecule has 1 unspecified atom stereocenters. The third kappa shape index (κ3) is 3.51. The maximum atomic E-state index is 12.2. The van der Waals surface area contributed by atoms with Gasteiger partial charge in [0.25, 0.3) is 5.56 Å². The summed E-state index contributed by atoms with van der Waals surface area (Å²) in [5.41, 5.74) is 0.716. The van der Waals surface area contributed by atoms with E-state index in [4.69, 9.17) is 4.74 Å². The quantitative estimate of drug-likeness (QED) is 0.859. The standard InChI is InChI=1S/C20H26N4O3/c1-22-18(11-19(25)23(2)20(22)26)24-10-9-15(12-24)21-16-8-7-14-5-3-4-6-17(14)27-13-16/h3-6,11,15-16,21H,7-10,12-13H2,1-2H3/t15-,16?/m1/s1. The van der Waals surface area contributed by atoms with Gasteiger partial charge in [-0.2, -0.15) is 0 Å². The van der Waals surface area contributed by atoms with E-state index in [1.165, 1.54) is 12.6 Å². The Hall–Kier alpha value is -2.54. The lowest BCUT2D eigenvalue weighted by Crippen LogP contribution is -2.44. The van der Waals surface area contributed by atoms with Crippen molar-refractivity contribution in [1.82, 2.24) is 14.5 Å². The first-order valence-electron chi connectivity index (χ1n) is 9.51. The zero-order chi connectivity index (χ0) is 19.0. The van der Waals surface area contributed by atoms with Crippen molar-refractivity contribution in [2.45, 2.75) is 31.3 Å². The maximum absolute atomic E-state index is 12.2. The molecule has 0 spiro atoms. The summed E-state index contributed by atoms with van der Waals surface area (Å²) in [6.45, 7) is 2.27. The van der Waals surface area contributed by atoms with Gasteiger partial charge >= 0.3 is 5.69 Å². The van der Waals surface area contributed by atoms with Crippen LogP contribution in [0.2, 0.25) is 0 Å². The van der Waals surface area contributed by atoms with E-state index in [0.29, 0.717) is 24.5 Å². The number of anilines is 1. The first-order chi connectivity index (χ1) is 13.0. The highest BCUT2D eigenvalue weighted by Gasteiger charge is 2.28. The second kappa shape index (κ2) is 7.23. The molecule has 1 N–H and O–H groups in total. The normalized spacial score (nSPS) is 22.2. The van der Waals surface area contributed by atoms with Crippen molar-refractivity contribution < 1.29 is 4.74 Å². The van der Waals surface area contributed by atoms with Crippen LogP contribution in [0.15, 0.2) is 39.9 Å². The molecule has 7 heteroatoms. The predicted octanol–water partition coefficient (Wildman–Crippen LogP) is 0.646. The largest absolute Gasteiger partial charge is 0.492 e. The SMILES string of the molecule is Cn1c(N2CC[C@@H](NC3CCc4ccccc4OC3)C2)cc(=O)n(C)c1=O. The van der Waals surface area contributed by atoms with Crippen LogP contribution < -0.4 is 26.2 Å². The van der Waals surface area contributed by atoms with E-state index in [-0.39, 0.29) is 11.2 Å². The fraction of sp³-hybridized carbons (Fsp3) is 0.500. The minimum Gasteiger partial charge on any atom is -0.492 e. The number of benzene rings is 1. The van der Waals surface area contributed by atoms with Gasteiger partial charge in [0.2, 0.25) is 0 Å². The molecular formula is C20H26N4O3. The summed E-state index contributed by atoms with van der Waals surface area (Å²) >= 11 is 0. The molecule has 144 valence electrons. The van der Waals surface area contributed by atoms with E-state index >= 15 is 0 Å². The number of ether oxygens (including phenoxy) is 1. The Morgan fingerprint density at radius 1 is 1.07 bits per heavy atom. The van der Waals surface area contributed by atoms with Crippen molar-refractivity contribution in [3.63, 3.8) is 0 Å². The second-order valence-electron chi connectivity index (χ2n) is 7.49. The molecule has 2 aliphatic rings. The zero-order valence-corrected chi connectivity index (χ0v) is 15.9. The van der Waals surface area contributed by atoms with E-state index in [1.807, 2.05) is 12.1 Å². The molecule has 7 nitrogen and oxygen atoms in total. The first-order valence-corrected chi connectivity index (χ1v) is 9.51. The Morgan fingerprint density at radius 2 is 1.89 bits per heavy atom. The number of nitrogens with zero attached hydrogens (tertiary/aromatic N) is 3. The van der Waals surface area contributed by atoms with E-state index in [2.05, 4.69) is 22.3 Å². The van der Waals surface area contributed by atoms with Crippen LogP contribution in [0, 0.1) is 0 Å². The van der Waals surface area contributed by atoms with Crippen LogP contribution >= 0.6 is 0 Å². The highest BCUT2D eigenvalue weighted by atomic mass is 16.5. The van der Waals surface area contributed by atoms with Gasteiger partial charge in [0.05, 0.1) is 0 Å². The van der Waals surface area contributed by atoms with E-state index in [1.54, 1.807) is 17.7 Å². The third-order valence-electron chi connectivity index (χ3n) is 5.66. The predicted molar refractivity (Wildman–Crippen MR) is 105 cm³/mol. The Bertz CT molecular complexity index is 922. The van der Waals surface area contributed by atoms with Crippen LogP contribution in [0.1, 0.15) is 18.4 Å². The number of aromatic nitrogens is 2. The number of nitrogens with one attached hydrogen (secondary N) is 1. The van der Waals surface area contributed by atoms with E-state index < -0.39 is 0 Å². The number of fused-ring (bicyclic) bond motifs is 1. The van der Waals surface area contributed by atoms with Gasteiger partial charge in [0.1, 0.15) is 18.2 Å². The van der Waals surface area contributed by atoms with Crippen LogP contribution in [-0.2, 0) is 20.5 Å². The lowest BCUT2D eigenvalue weighted by atomic mass is 10.1. The van der Waals surface area contributed by atoms with Gasteiger partial charge in [-0.15, -0.1) is 0 Å². The summed E-state index contributed by atoms with van der Waals surface area (Å²) in [6, 6.07) is 10.4. The molecule has 2 atom stereocenters. The van der Waals surface area contributed by atoms with Crippen molar-refractivity contribution in [3.05, 3.63) is 56.7 Å². The monoisotopic (exact) mass is 370 g/mol. The van der Waals surface area contributed by atoms with Crippen LogP contribution in [-0.4, -0.2) is 40.9 Å². The Balaban J connectivity index is 1.41. The molecule has 2 aromatic rings. The molecule has 3 heterocycles. The Morgan fingerprint density at radius 3 is 2.74 bits per heavy atom. The number of rotatable bonds is 3. The summed E-state index contributed by atoms with van der Waals surface area (Å²) in [6.07, 6.45) is 3.03. The summed E-state index contributed by atoms with van der Waals surface area (Å²) in [5, 5.41) is 3.72. The fourth-order valence-electron chi connectivity index (χ4n) is 4.05. The molecular weight excluding hydrogens is 344 g/mol. The van der Waals surface area contributed by atoms with Crippen molar-refractivity contribution in [2.75, 3.05) is 24.6 Å². The minimum absolute atomic E-state index is 0.264. The molecule has 4 rings (SSSR count). The Labute approximate surface area is 158 Å². The van der Waals surface area contributed by atoms with Crippen molar-refractivity contribution >= 4 is 5.82 Å². The zero-order valence-electron chi connectivity index (χ0n) is 15.9. The van der Waals surface area contributed by atoms with Gasteiger partial charge in [0.15, 0.2) is 0 Å². The van der Waals surface area contributed by atoms with Gasteiger partial charge < -0.3 is 15.0 Å². The molecule has 0 saturated carbocycles. The molecule has 1 aromatic heterocycles. The number of hydrogen-bond acceptors (Lipinski definition) is 5. The molecule has 2 aliphatic heterocycles. The summed E-state index contributed by atoms with van der Waals surface area (Å²) in [5.74, 6) is 1.68. The van der Waals surface area contributed by atoms with Gasteiger partial charge in [-0.1, -0.05) is 18.2 Å². The molecule has 1 fully saturated rings. The van der Waals surface area contributed by atoms with Crippen molar-refractivity contribution in [3.8, 4) is 5.75 Å². The van der Waals surface area contributed by atoms with Crippen LogP contribution in [0.5, 0.6) is 5.75 Å². The van der Waals surface area contributed by atoms with E-state index in [9.17, 15) is 9.59 Å². The van der Waals surface area contributed by atoms with E-state index in [0.717, 1.165) is 42.7 Å². The van der Waals surface area contributed by atoms with Crippen LogP contribution in [0.25, 0.3) is 0 Å². The molecule has 0 aliphatic carbocycles. The van der Waals surface area contributed by atoms with Gasteiger partial charge in [0, 0.05) is 45.3 Å². The summed E-state index contributed by atoms with van der Waals surface area (Å²) in [4.78, 5) is 26.3. The maximum Gasteiger partial charge on any atom is 0.332 e. The highest BCUT2D eigenvalue weighted by Crippen LogP contribution is 2.24. The van der Waals surface area contributed by atoms with Crippen molar-refractivity contribution in [1.29, 1.82) is 0 Å². The van der Waals surface area contributed by atoms with Crippen LogP contribution in [0.4, 0.5) is 5.82 Å². The number of aryl methyl sites for hydroxylation is 1. The molecule has 0 amide bonds. The molecule has 1 saturated heterocycles. The average molecular weight is 370 g/mol. The smallest absolute Gasteiger partial charge is 0.332 e. The Kier molecular flexibility index (Phi) is 4.78. The third-order valence-corrected chi connectivity index (χ3v) is 5.66. The lowest BCUT2D eigenvalue weighted by molar-refractivity contribution is 0.257. The number of para-hydroxylation sites is 1. The van der Waals surface area contributed by atoms with Crippen LogP contribution in [0.3, 0.4) is 0 Å². The molecule has 0 bridgehead atoms. The molecule has 27 heavy (non-hydrogen) atoms. The van der Waals surface area contributed by atoms with Gasteiger partial charge in [-0.25, -0.2) is 4.79 Å². The fourth-order valence-corrected chi connectivity index (χ4v) is 4.05. The second-order valence-corrected chi connectivity index (χ2v) is 7.49. The van der Waals surface area contributed by atoms with Crippen molar-refractivity contribution in [2.24, 2.45) is 14.1 Å². The summed E-state index contributed by atoms with van der Waals surface area (Å²) in [7, 11) is 3.22. The minimum atomic E-state index is -0.288. The molecule has 0 radical (unpaired) electrons. The first kappa shape index (κ1) is 17.9. The van der Waals surface area contributed by atoms with Gasteiger partial charge in [-0.3, -0.25) is 13.9 Å². The summed E-state index contributed by atoms with van der Waals surface area (Å²) < 4.78 is 8.67. The lowest BCUT2D eigenvalue weighted by Gasteiger charge is -2.24.